The molecule has 21 heavy (non-hydrogen) atoms. The van der Waals surface area contributed by atoms with E-state index in [0.717, 1.165) is 21.5 Å². The second-order valence-electron chi connectivity index (χ2n) is 4.58. The first-order chi connectivity index (χ1) is 10.1. The molecule has 0 fully saturated rings. The third-order valence-corrected chi connectivity index (χ3v) is 4.12. The Morgan fingerprint density at radius 1 is 1.14 bits per heavy atom. The summed E-state index contributed by atoms with van der Waals surface area (Å²) in [6.07, 6.45) is 0. The predicted molar refractivity (Wildman–Crippen MR) is 90.1 cm³/mol. The lowest BCUT2D eigenvalue weighted by Crippen LogP contribution is -2.06. The van der Waals surface area contributed by atoms with E-state index in [1.54, 1.807) is 11.3 Å². The average molecular weight is 326 g/mol. The fraction of sp³-hybridized carbons (Fsp3) is 0.375. The molecule has 0 bridgehead atoms. The van der Waals surface area contributed by atoms with Crippen molar-refractivity contribution in [3.63, 3.8) is 0 Å². The number of thiophene rings is 1. The summed E-state index contributed by atoms with van der Waals surface area (Å²) in [5.74, 6) is 1.54. The Hall–Kier alpha value is -1.39. The van der Waals surface area contributed by atoms with E-state index in [2.05, 4.69) is 17.6 Å². The summed E-state index contributed by atoms with van der Waals surface area (Å²) in [5.41, 5.74) is 2.17. The highest BCUT2D eigenvalue weighted by molar-refractivity contribution is 7.14. The minimum Gasteiger partial charge on any atom is -0.490 e. The zero-order valence-corrected chi connectivity index (χ0v) is 14.1. The van der Waals surface area contributed by atoms with Crippen LogP contribution < -0.4 is 14.8 Å². The number of benzene rings is 1. The minimum absolute atomic E-state index is 0.182. The zero-order valence-electron chi connectivity index (χ0n) is 12.5. The van der Waals surface area contributed by atoms with Crippen molar-refractivity contribution in [2.24, 2.45) is 0 Å². The molecule has 0 aliphatic heterocycles. The summed E-state index contributed by atoms with van der Waals surface area (Å²) in [6, 6.07) is 8.07. The molecule has 2 aromatic rings. The van der Waals surface area contributed by atoms with Gasteiger partial charge in [0.1, 0.15) is 0 Å². The third-order valence-electron chi connectivity index (χ3n) is 3.01. The molecular formula is C16H20ClNO2S. The number of hydrogen-bond donors (Lipinski definition) is 1. The van der Waals surface area contributed by atoms with Crippen LogP contribution in [0.4, 0.5) is 5.69 Å². The van der Waals surface area contributed by atoms with Crippen molar-refractivity contribution < 1.29 is 9.47 Å². The number of ether oxygens (including phenoxy) is 2. The molecule has 1 atom stereocenters. The second kappa shape index (κ2) is 7.57. The fourth-order valence-electron chi connectivity index (χ4n) is 2.02. The molecule has 5 heteroatoms. The molecule has 114 valence electrons. The highest BCUT2D eigenvalue weighted by Gasteiger charge is 2.10. The number of nitrogens with one attached hydrogen (secondary N) is 1. The van der Waals surface area contributed by atoms with Gasteiger partial charge in [0, 0.05) is 17.8 Å². The smallest absolute Gasteiger partial charge is 0.163 e. The molecule has 1 aromatic carbocycles. The Kier molecular flexibility index (Phi) is 5.76. The Morgan fingerprint density at radius 2 is 1.86 bits per heavy atom. The van der Waals surface area contributed by atoms with E-state index in [1.165, 1.54) is 5.56 Å². The quantitative estimate of drug-likeness (QED) is 0.742. The van der Waals surface area contributed by atoms with E-state index < -0.39 is 0 Å². The molecule has 1 unspecified atom stereocenters. The number of rotatable bonds is 7. The van der Waals surface area contributed by atoms with Crippen LogP contribution in [-0.2, 0) is 0 Å². The molecule has 0 radical (unpaired) electrons. The van der Waals surface area contributed by atoms with Crippen molar-refractivity contribution in [3.8, 4) is 11.5 Å². The molecule has 0 saturated heterocycles. The third kappa shape index (κ3) is 4.29. The minimum atomic E-state index is 0.182. The summed E-state index contributed by atoms with van der Waals surface area (Å²) in [5, 5.41) is 5.52. The van der Waals surface area contributed by atoms with Gasteiger partial charge >= 0.3 is 0 Å². The standard InChI is InChI=1S/C16H20ClNO2S/c1-4-19-14-7-6-13(9-15(14)20-5-2)18-11(3)12-8-16(17)21-10-12/h6-11,18H,4-5H2,1-3H3. The van der Waals surface area contributed by atoms with Crippen LogP contribution in [0.2, 0.25) is 4.34 Å². The van der Waals surface area contributed by atoms with Crippen molar-refractivity contribution in [3.05, 3.63) is 39.5 Å². The molecule has 0 aliphatic carbocycles. The lowest BCUT2D eigenvalue weighted by atomic mass is 10.1. The van der Waals surface area contributed by atoms with Crippen LogP contribution in [0.15, 0.2) is 29.6 Å². The summed E-state index contributed by atoms with van der Waals surface area (Å²) in [7, 11) is 0. The summed E-state index contributed by atoms with van der Waals surface area (Å²) in [4.78, 5) is 0. The maximum atomic E-state index is 5.98. The Bertz CT molecular complexity index is 585. The molecule has 1 heterocycles. The summed E-state index contributed by atoms with van der Waals surface area (Å²) < 4.78 is 12.0. The van der Waals surface area contributed by atoms with Gasteiger partial charge in [-0.1, -0.05) is 11.6 Å². The van der Waals surface area contributed by atoms with Crippen LogP contribution in [0.5, 0.6) is 11.5 Å². The van der Waals surface area contributed by atoms with E-state index in [4.69, 9.17) is 21.1 Å². The van der Waals surface area contributed by atoms with Crippen molar-refractivity contribution in [2.45, 2.75) is 26.8 Å². The van der Waals surface area contributed by atoms with Gasteiger partial charge in [0.15, 0.2) is 11.5 Å². The van der Waals surface area contributed by atoms with Crippen LogP contribution >= 0.6 is 22.9 Å². The van der Waals surface area contributed by atoms with Gasteiger partial charge in [0.05, 0.1) is 17.6 Å². The molecule has 0 saturated carbocycles. The van der Waals surface area contributed by atoms with Gasteiger partial charge in [-0.2, -0.15) is 0 Å². The molecule has 1 aromatic heterocycles. The van der Waals surface area contributed by atoms with Gasteiger partial charge in [-0.15, -0.1) is 11.3 Å². The molecule has 3 nitrogen and oxygen atoms in total. The maximum Gasteiger partial charge on any atom is 0.163 e. The van der Waals surface area contributed by atoms with Crippen molar-refractivity contribution >= 4 is 28.6 Å². The van der Waals surface area contributed by atoms with E-state index in [-0.39, 0.29) is 6.04 Å². The van der Waals surface area contributed by atoms with E-state index >= 15 is 0 Å². The highest BCUT2D eigenvalue weighted by Crippen LogP contribution is 2.33. The van der Waals surface area contributed by atoms with Gasteiger partial charge in [0.2, 0.25) is 0 Å². The van der Waals surface area contributed by atoms with E-state index in [0.29, 0.717) is 13.2 Å². The SMILES string of the molecule is CCOc1ccc(NC(C)c2csc(Cl)c2)cc1OCC. The monoisotopic (exact) mass is 325 g/mol. The highest BCUT2D eigenvalue weighted by atomic mass is 35.5. The van der Waals surface area contributed by atoms with Crippen LogP contribution in [0.3, 0.4) is 0 Å². The number of hydrogen-bond acceptors (Lipinski definition) is 4. The van der Waals surface area contributed by atoms with Gasteiger partial charge < -0.3 is 14.8 Å². The number of halogens is 1. The van der Waals surface area contributed by atoms with Crippen molar-refractivity contribution in [2.75, 3.05) is 18.5 Å². The second-order valence-corrected chi connectivity index (χ2v) is 6.12. The first-order valence-corrected chi connectivity index (χ1v) is 8.29. The van der Waals surface area contributed by atoms with Crippen molar-refractivity contribution in [1.82, 2.24) is 0 Å². The van der Waals surface area contributed by atoms with E-state index in [1.807, 2.05) is 38.1 Å². The zero-order chi connectivity index (χ0) is 15.2. The molecule has 0 spiro atoms. The normalized spacial score (nSPS) is 12.0. The van der Waals surface area contributed by atoms with E-state index in [9.17, 15) is 0 Å². The topological polar surface area (TPSA) is 30.5 Å². The van der Waals surface area contributed by atoms with Gasteiger partial charge in [-0.25, -0.2) is 0 Å². The predicted octanol–water partition coefficient (Wildman–Crippen LogP) is 5.37. The Morgan fingerprint density at radius 3 is 2.48 bits per heavy atom. The first-order valence-electron chi connectivity index (χ1n) is 7.04. The van der Waals surface area contributed by atoms with Crippen LogP contribution in [0.1, 0.15) is 32.4 Å². The lowest BCUT2D eigenvalue weighted by Gasteiger charge is -2.17. The number of anilines is 1. The maximum absolute atomic E-state index is 5.98. The van der Waals surface area contributed by atoms with Gasteiger partial charge in [-0.3, -0.25) is 0 Å². The molecule has 2 rings (SSSR count). The van der Waals surface area contributed by atoms with Crippen LogP contribution in [-0.4, -0.2) is 13.2 Å². The summed E-state index contributed by atoms with van der Waals surface area (Å²) in [6.45, 7) is 7.27. The van der Waals surface area contributed by atoms with Gasteiger partial charge in [0.25, 0.3) is 0 Å². The Labute approximate surface area is 134 Å². The Balaban J connectivity index is 2.14. The molecular weight excluding hydrogens is 306 g/mol. The first kappa shape index (κ1) is 16.0. The van der Waals surface area contributed by atoms with Crippen LogP contribution in [0.25, 0.3) is 0 Å². The fourth-order valence-corrected chi connectivity index (χ4v) is 3.01. The average Bonchev–Trinajstić information content (AvgIpc) is 2.89. The molecule has 0 aliphatic rings. The summed E-state index contributed by atoms with van der Waals surface area (Å²) >= 11 is 7.53. The molecule has 0 amide bonds. The lowest BCUT2D eigenvalue weighted by molar-refractivity contribution is 0.288. The largest absolute Gasteiger partial charge is 0.490 e. The van der Waals surface area contributed by atoms with Gasteiger partial charge in [-0.05, 0) is 49.9 Å². The van der Waals surface area contributed by atoms with Crippen molar-refractivity contribution in [1.29, 1.82) is 0 Å². The van der Waals surface area contributed by atoms with Crippen LogP contribution in [0, 0.1) is 0 Å². The molecule has 1 N–H and O–H groups in total.